The zero-order valence-corrected chi connectivity index (χ0v) is 16.6. The summed E-state index contributed by atoms with van der Waals surface area (Å²) in [6, 6.07) is 11.8. The molecule has 0 aliphatic carbocycles. The second kappa shape index (κ2) is 7.23. The van der Waals surface area contributed by atoms with E-state index >= 15 is 0 Å². The number of hydrogen-bond acceptors (Lipinski definition) is 5. The Morgan fingerprint density at radius 2 is 1.69 bits per heavy atom. The summed E-state index contributed by atoms with van der Waals surface area (Å²) >= 11 is 0. The highest BCUT2D eigenvalue weighted by molar-refractivity contribution is 7.89. The van der Waals surface area contributed by atoms with Gasteiger partial charge >= 0.3 is 0 Å². The highest BCUT2D eigenvalue weighted by Gasteiger charge is 2.44. The molecule has 1 N–H and O–H groups in total. The number of nitrogens with one attached hydrogen (secondary N) is 1. The molecule has 2 aromatic carbocycles. The van der Waals surface area contributed by atoms with E-state index in [1.165, 1.54) is 16.4 Å². The Bertz CT molecular complexity index is 1060. The first-order chi connectivity index (χ1) is 13.8. The van der Waals surface area contributed by atoms with Gasteiger partial charge in [-0.2, -0.15) is 4.31 Å². The predicted molar refractivity (Wildman–Crippen MR) is 105 cm³/mol. The summed E-state index contributed by atoms with van der Waals surface area (Å²) in [6.07, 6.45) is 0.720. The lowest BCUT2D eigenvalue weighted by atomic mass is 10.00. The van der Waals surface area contributed by atoms with Gasteiger partial charge in [-0.25, -0.2) is 12.8 Å². The highest BCUT2D eigenvalue weighted by Crippen LogP contribution is 2.31. The minimum Gasteiger partial charge on any atom is -0.497 e. The molecule has 0 unspecified atom stereocenters. The van der Waals surface area contributed by atoms with Crippen molar-refractivity contribution in [2.45, 2.75) is 23.4 Å². The number of nitrogens with zero attached hydrogens (tertiary/aromatic N) is 2. The number of hydrogen-bond donors (Lipinski definition) is 1. The summed E-state index contributed by atoms with van der Waals surface area (Å²) in [7, 11) is -2.15. The molecule has 0 aromatic heterocycles. The number of sulfonamides is 1. The van der Waals surface area contributed by atoms with Crippen LogP contribution in [0.5, 0.6) is 5.75 Å². The van der Waals surface area contributed by atoms with E-state index in [9.17, 15) is 17.6 Å². The number of benzene rings is 2. The van der Waals surface area contributed by atoms with E-state index in [-0.39, 0.29) is 23.9 Å². The average molecular weight is 417 g/mol. The molecule has 2 aliphatic rings. The smallest absolute Gasteiger partial charge is 0.272 e. The van der Waals surface area contributed by atoms with E-state index in [0.717, 1.165) is 12.1 Å². The minimum atomic E-state index is -3.72. The van der Waals surface area contributed by atoms with Gasteiger partial charge in [0.25, 0.3) is 5.91 Å². The van der Waals surface area contributed by atoms with E-state index < -0.39 is 21.5 Å². The van der Waals surface area contributed by atoms with Gasteiger partial charge < -0.3 is 10.1 Å². The Balaban J connectivity index is 1.51. The lowest BCUT2D eigenvalue weighted by Crippen LogP contribution is -2.52. The van der Waals surface area contributed by atoms with Crippen LogP contribution in [0.3, 0.4) is 0 Å². The van der Waals surface area contributed by atoms with Gasteiger partial charge in [-0.3, -0.25) is 9.79 Å². The van der Waals surface area contributed by atoms with Crippen LogP contribution in [0, 0.1) is 5.82 Å². The SMILES string of the molecule is COc1ccc(C2=NC3(CCN(S(=O)(=O)c4ccc(F)cc4)CC3)NC2=O)cc1. The van der Waals surface area contributed by atoms with Gasteiger partial charge in [0.2, 0.25) is 10.0 Å². The molecular weight excluding hydrogens is 397 g/mol. The molecular formula is C20H20FN3O4S. The summed E-state index contributed by atoms with van der Waals surface area (Å²) in [5.74, 6) is -0.0811. The average Bonchev–Trinajstić information content (AvgIpc) is 3.04. The van der Waals surface area contributed by atoms with E-state index in [1.807, 2.05) is 0 Å². The summed E-state index contributed by atoms with van der Waals surface area (Å²) < 4.78 is 45.1. The molecule has 1 fully saturated rings. The Hall–Kier alpha value is -2.78. The van der Waals surface area contributed by atoms with Gasteiger partial charge in [-0.05, 0) is 48.5 Å². The predicted octanol–water partition coefficient (Wildman–Crippen LogP) is 1.93. The molecule has 152 valence electrons. The van der Waals surface area contributed by atoms with Crippen molar-refractivity contribution in [3.05, 3.63) is 59.9 Å². The molecule has 2 aromatic rings. The normalized spacial score (nSPS) is 19.1. The summed E-state index contributed by atoms with van der Waals surface area (Å²) in [4.78, 5) is 17.2. The number of ether oxygens (including phenoxy) is 1. The van der Waals surface area contributed by atoms with Crippen LogP contribution in [0.1, 0.15) is 18.4 Å². The van der Waals surface area contributed by atoms with Crippen molar-refractivity contribution in [1.29, 1.82) is 0 Å². The summed E-state index contributed by atoms with van der Waals surface area (Å²) in [5.41, 5.74) is 0.213. The lowest BCUT2D eigenvalue weighted by molar-refractivity contribution is -0.115. The molecule has 9 heteroatoms. The van der Waals surface area contributed by atoms with E-state index in [4.69, 9.17) is 4.74 Å². The van der Waals surface area contributed by atoms with Gasteiger partial charge in [-0.1, -0.05) is 0 Å². The maximum Gasteiger partial charge on any atom is 0.272 e. The maximum absolute atomic E-state index is 13.1. The van der Waals surface area contributed by atoms with Gasteiger partial charge in [0, 0.05) is 31.5 Å². The van der Waals surface area contributed by atoms with E-state index in [2.05, 4.69) is 10.3 Å². The fourth-order valence-electron chi connectivity index (χ4n) is 3.60. The first-order valence-corrected chi connectivity index (χ1v) is 10.6. The second-order valence-electron chi connectivity index (χ2n) is 7.03. The van der Waals surface area contributed by atoms with Crippen LogP contribution in [-0.2, 0) is 14.8 Å². The highest BCUT2D eigenvalue weighted by atomic mass is 32.2. The van der Waals surface area contributed by atoms with Gasteiger partial charge in [0.05, 0.1) is 12.0 Å². The van der Waals surface area contributed by atoms with Crippen molar-refractivity contribution < 1.29 is 22.3 Å². The molecule has 0 radical (unpaired) electrons. The molecule has 2 heterocycles. The second-order valence-corrected chi connectivity index (χ2v) is 8.97. The van der Waals surface area contributed by atoms with Crippen LogP contribution < -0.4 is 10.1 Å². The molecule has 29 heavy (non-hydrogen) atoms. The van der Waals surface area contributed by atoms with Crippen LogP contribution in [0.15, 0.2) is 58.4 Å². The van der Waals surface area contributed by atoms with Crippen molar-refractivity contribution in [3.63, 3.8) is 0 Å². The van der Waals surface area contributed by atoms with Gasteiger partial charge in [0.1, 0.15) is 22.9 Å². The Labute approximate surface area is 168 Å². The minimum absolute atomic E-state index is 0.0488. The summed E-state index contributed by atoms with van der Waals surface area (Å²) in [5, 5.41) is 2.92. The number of halogens is 1. The van der Waals surface area contributed by atoms with Crippen molar-refractivity contribution in [2.75, 3.05) is 20.2 Å². The number of amides is 1. The third kappa shape index (κ3) is 3.63. The van der Waals surface area contributed by atoms with Gasteiger partial charge in [-0.15, -0.1) is 0 Å². The molecule has 7 nitrogen and oxygen atoms in total. The monoisotopic (exact) mass is 417 g/mol. The van der Waals surface area contributed by atoms with Crippen LogP contribution in [0.4, 0.5) is 4.39 Å². The fourth-order valence-corrected chi connectivity index (χ4v) is 5.04. The molecule has 4 rings (SSSR count). The van der Waals surface area contributed by atoms with Crippen LogP contribution in [0.2, 0.25) is 0 Å². The quantitative estimate of drug-likeness (QED) is 0.824. The van der Waals surface area contributed by atoms with E-state index in [1.54, 1.807) is 31.4 Å². The van der Waals surface area contributed by atoms with Crippen molar-refractivity contribution in [1.82, 2.24) is 9.62 Å². The zero-order chi connectivity index (χ0) is 20.6. The number of piperidine rings is 1. The first-order valence-electron chi connectivity index (χ1n) is 9.16. The van der Waals surface area contributed by atoms with Crippen molar-refractivity contribution in [3.8, 4) is 5.75 Å². The largest absolute Gasteiger partial charge is 0.497 e. The molecule has 1 saturated heterocycles. The number of rotatable bonds is 4. The fraction of sp³-hybridized carbons (Fsp3) is 0.300. The van der Waals surface area contributed by atoms with Gasteiger partial charge in [0.15, 0.2) is 0 Å². The third-order valence-corrected chi connectivity index (χ3v) is 7.16. The van der Waals surface area contributed by atoms with Crippen LogP contribution in [0.25, 0.3) is 0 Å². The Morgan fingerprint density at radius 3 is 2.28 bits per heavy atom. The maximum atomic E-state index is 13.1. The molecule has 1 amide bonds. The number of carbonyl (C=O) groups excluding carboxylic acids is 1. The Morgan fingerprint density at radius 1 is 1.07 bits per heavy atom. The zero-order valence-electron chi connectivity index (χ0n) is 15.8. The number of aliphatic imine (C=N–C) groups is 1. The molecule has 0 atom stereocenters. The molecule has 0 bridgehead atoms. The lowest BCUT2D eigenvalue weighted by Gasteiger charge is -2.36. The first kappa shape index (κ1) is 19.5. The van der Waals surface area contributed by atoms with Crippen molar-refractivity contribution >= 4 is 21.6 Å². The molecule has 1 spiro atoms. The summed E-state index contributed by atoms with van der Waals surface area (Å²) in [6.45, 7) is 0.415. The molecule has 2 aliphatic heterocycles. The molecule has 0 saturated carbocycles. The number of methoxy groups -OCH3 is 1. The topological polar surface area (TPSA) is 88.1 Å². The van der Waals surface area contributed by atoms with E-state index in [0.29, 0.717) is 29.9 Å². The standard InChI is InChI=1S/C20H20FN3O4S/c1-28-16-6-2-14(3-7-16)18-19(25)23-20(22-18)10-12-24(13-11-20)29(26,27)17-8-4-15(21)5-9-17/h2-9H,10-13H2,1H3,(H,23,25). The third-order valence-electron chi connectivity index (χ3n) is 5.25. The Kier molecular flexibility index (Phi) is 4.87. The van der Waals surface area contributed by atoms with Crippen LogP contribution >= 0.6 is 0 Å². The van der Waals surface area contributed by atoms with Crippen molar-refractivity contribution in [2.24, 2.45) is 4.99 Å². The van der Waals surface area contributed by atoms with Crippen LogP contribution in [-0.4, -0.2) is 50.2 Å². The number of carbonyl (C=O) groups is 1.